The minimum atomic E-state index is -4.74. The molecule has 0 bridgehead atoms. The van der Waals surface area contributed by atoms with Gasteiger partial charge in [-0.25, -0.2) is 10.0 Å². The molecule has 0 aliphatic rings. The number of aromatic nitrogens is 2. The average Bonchev–Trinajstić information content (AvgIpc) is 2.73. The lowest BCUT2D eigenvalue weighted by Gasteiger charge is -2.18. The fraction of sp³-hybridized carbons (Fsp3) is 0.190. The SMILES string of the molecule is CCOC(=O)CN(O)c1cccc(Nc2ncc(C(F)(F)F)c(Nc3cccc([O-])c3)n2)c1. The number of nitrogens with one attached hydrogen (secondary N) is 2. The number of carbonyl (C=O) groups excluding carboxylic acids is 1. The summed E-state index contributed by atoms with van der Waals surface area (Å²) in [4.78, 5) is 19.2. The van der Waals surface area contributed by atoms with Crippen molar-refractivity contribution in [3.63, 3.8) is 0 Å². The number of anilines is 5. The Hall–Kier alpha value is -4.06. The van der Waals surface area contributed by atoms with Gasteiger partial charge in [0, 0.05) is 17.6 Å². The Morgan fingerprint density at radius 2 is 1.85 bits per heavy atom. The fourth-order valence-corrected chi connectivity index (χ4v) is 2.75. The number of alkyl halides is 3. The molecule has 9 nitrogen and oxygen atoms in total. The Balaban J connectivity index is 1.84. The Morgan fingerprint density at radius 1 is 1.15 bits per heavy atom. The maximum atomic E-state index is 13.4. The second-order valence-electron chi connectivity index (χ2n) is 6.64. The van der Waals surface area contributed by atoms with Gasteiger partial charge in [0.1, 0.15) is 17.9 Å². The van der Waals surface area contributed by atoms with Crippen molar-refractivity contribution in [2.45, 2.75) is 13.1 Å². The van der Waals surface area contributed by atoms with Crippen LogP contribution in [0.15, 0.2) is 54.7 Å². The number of nitrogens with zero attached hydrogens (tertiary/aromatic N) is 3. The third-order valence-electron chi connectivity index (χ3n) is 4.18. The molecule has 0 spiro atoms. The summed E-state index contributed by atoms with van der Waals surface area (Å²) in [5.74, 6) is -1.74. The molecule has 174 valence electrons. The normalized spacial score (nSPS) is 11.1. The maximum Gasteiger partial charge on any atom is 0.421 e. The molecular formula is C21H19F3N5O4-. The first kappa shape index (κ1) is 23.6. The minimum Gasteiger partial charge on any atom is -0.872 e. The molecule has 2 aromatic carbocycles. The van der Waals surface area contributed by atoms with Crippen molar-refractivity contribution >= 4 is 34.8 Å². The van der Waals surface area contributed by atoms with Crippen LogP contribution in [0.2, 0.25) is 0 Å². The van der Waals surface area contributed by atoms with Crippen LogP contribution < -0.4 is 20.8 Å². The predicted molar refractivity (Wildman–Crippen MR) is 112 cm³/mol. The van der Waals surface area contributed by atoms with Crippen molar-refractivity contribution in [2.24, 2.45) is 0 Å². The molecule has 0 fully saturated rings. The number of halogens is 3. The first-order chi connectivity index (χ1) is 15.7. The van der Waals surface area contributed by atoms with E-state index in [2.05, 4.69) is 20.6 Å². The second kappa shape index (κ2) is 10.0. The van der Waals surface area contributed by atoms with Crippen molar-refractivity contribution in [2.75, 3.05) is 28.8 Å². The number of rotatable bonds is 8. The third-order valence-corrected chi connectivity index (χ3v) is 4.18. The summed E-state index contributed by atoms with van der Waals surface area (Å²) >= 11 is 0. The highest BCUT2D eigenvalue weighted by atomic mass is 19.4. The van der Waals surface area contributed by atoms with E-state index in [0.717, 1.165) is 6.07 Å². The summed E-state index contributed by atoms with van der Waals surface area (Å²) < 4.78 is 45.0. The van der Waals surface area contributed by atoms with Gasteiger partial charge in [0.25, 0.3) is 0 Å². The van der Waals surface area contributed by atoms with Gasteiger partial charge in [0.15, 0.2) is 0 Å². The van der Waals surface area contributed by atoms with Crippen LogP contribution in [0.5, 0.6) is 5.75 Å². The van der Waals surface area contributed by atoms with Gasteiger partial charge in [-0.1, -0.05) is 18.2 Å². The van der Waals surface area contributed by atoms with Crippen LogP contribution in [-0.4, -0.2) is 34.3 Å². The van der Waals surface area contributed by atoms with Crippen molar-refractivity contribution in [1.82, 2.24) is 9.97 Å². The second-order valence-corrected chi connectivity index (χ2v) is 6.64. The van der Waals surface area contributed by atoms with Crippen molar-refractivity contribution in [3.8, 4) is 5.75 Å². The van der Waals surface area contributed by atoms with Crippen LogP contribution in [0.1, 0.15) is 12.5 Å². The molecule has 3 N–H and O–H groups in total. The quantitative estimate of drug-likeness (QED) is 0.339. The number of carbonyl (C=O) groups is 1. The lowest BCUT2D eigenvalue weighted by Crippen LogP contribution is -2.27. The van der Waals surface area contributed by atoms with Crippen LogP contribution in [0.3, 0.4) is 0 Å². The van der Waals surface area contributed by atoms with E-state index < -0.39 is 30.1 Å². The van der Waals surface area contributed by atoms with E-state index in [4.69, 9.17) is 4.74 Å². The zero-order chi connectivity index (χ0) is 24.0. The van der Waals surface area contributed by atoms with Gasteiger partial charge in [0.05, 0.1) is 12.3 Å². The zero-order valence-corrected chi connectivity index (χ0v) is 17.3. The first-order valence-electron chi connectivity index (χ1n) is 9.63. The van der Waals surface area contributed by atoms with E-state index in [1.807, 2.05) is 0 Å². The average molecular weight is 462 g/mol. The smallest absolute Gasteiger partial charge is 0.421 e. The molecule has 0 aliphatic heterocycles. The predicted octanol–water partition coefficient (Wildman–Crippen LogP) is 3.81. The van der Waals surface area contributed by atoms with Gasteiger partial charge in [-0.05, 0) is 37.3 Å². The number of benzene rings is 2. The van der Waals surface area contributed by atoms with Crippen molar-refractivity contribution < 1.29 is 33.0 Å². The molecule has 0 saturated carbocycles. The summed E-state index contributed by atoms with van der Waals surface area (Å²) in [5, 5.41) is 27.5. The Bertz CT molecular complexity index is 1130. The maximum absolute atomic E-state index is 13.4. The number of hydrogen-bond acceptors (Lipinski definition) is 9. The van der Waals surface area contributed by atoms with Gasteiger partial charge in [-0.3, -0.25) is 10.0 Å². The molecule has 0 aliphatic carbocycles. The van der Waals surface area contributed by atoms with Gasteiger partial charge in [-0.2, -0.15) is 18.2 Å². The zero-order valence-electron chi connectivity index (χ0n) is 17.3. The van der Waals surface area contributed by atoms with E-state index in [1.54, 1.807) is 19.1 Å². The standard InChI is InChI=1S/C21H20F3N5O4/c1-2-33-18(31)12-29(32)15-7-3-5-13(9-15)27-20-25-11-17(21(22,23)24)19(28-20)26-14-6-4-8-16(30)10-14/h3-11,30,32H,2,12H2,1H3,(H2,25,26,27,28)/p-1. The van der Waals surface area contributed by atoms with Gasteiger partial charge in [-0.15, -0.1) is 5.75 Å². The van der Waals surface area contributed by atoms with E-state index in [1.165, 1.54) is 30.3 Å². The largest absolute Gasteiger partial charge is 0.872 e. The topological polar surface area (TPSA) is 123 Å². The summed E-state index contributed by atoms with van der Waals surface area (Å²) in [6, 6.07) is 11.3. The molecule has 33 heavy (non-hydrogen) atoms. The molecule has 1 heterocycles. The molecule has 0 atom stereocenters. The number of hydroxylamine groups is 1. The number of esters is 1. The van der Waals surface area contributed by atoms with E-state index in [0.29, 0.717) is 16.9 Å². The Labute approximate surface area is 186 Å². The molecular weight excluding hydrogens is 443 g/mol. The molecule has 0 unspecified atom stereocenters. The highest BCUT2D eigenvalue weighted by molar-refractivity contribution is 5.75. The van der Waals surface area contributed by atoms with E-state index in [9.17, 15) is 28.3 Å². The van der Waals surface area contributed by atoms with E-state index >= 15 is 0 Å². The summed E-state index contributed by atoms with van der Waals surface area (Å²) in [7, 11) is 0. The molecule has 0 saturated heterocycles. The van der Waals surface area contributed by atoms with Crippen molar-refractivity contribution in [3.05, 3.63) is 60.3 Å². The van der Waals surface area contributed by atoms with Gasteiger partial charge < -0.3 is 20.5 Å². The Kier molecular flexibility index (Phi) is 7.18. The molecule has 3 aromatic rings. The van der Waals surface area contributed by atoms with Crippen molar-refractivity contribution in [1.29, 1.82) is 0 Å². The van der Waals surface area contributed by atoms with Crippen LogP contribution in [0.4, 0.5) is 42.0 Å². The van der Waals surface area contributed by atoms with E-state index in [-0.39, 0.29) is 29.7 Å². The molecule has 0 amide bonds. The lowest BCUT2D eigenvalue weighted by atomic mass is 10.2. The molecule has 12 heteroatoms. The van der Waals surface area contributed by atoms with Crippen LogP contribution in [0.25, 0.3) is 0 Å². The number of ether oxygens (including phenoxy) is 1. The summed E-state index contributed by atoms with van der Waals surface area (Å²) in [6.45, 7) is 1.38. The fourth-order valence-electron chi connectivity index (χ4n) is 2.75. The highest BCUT2D eigenvalue weighted by Gasteiger charge is 2.35. The van der Waals surface area contributed by atoms with Gasteiger partial charge in [0.2, 0.25) is 5.95 Å². The van der Waals surface area contributed by atoms with Crippen LogP contribution >= 0.6 is 0 Å². The summed E-state index contributed by atoms with van der Waals surface area (Å²) in [5.41, 5.74) is -0.420. The first-order valence-corrected chi connectivity index (χ1v) is 9.63. The minimum absolute atomic E-state index is 0.134. The lowest BCUT2D eigenvalue weighted by molar-refractivity contribution is -0.268. The highest BCUT2D eigenvalue weighted by Crippen LogP contribution is 2.35. The third kappa shape index (κ3) is 6.46. The molecule has 0 radical (unpaired) electrons. The monoisotopic (exact) mass is 462 g/mol. The Morgan fingerprint density at radius 3 is 2.52 bits per heavy atom. The molecule has 3 rings (SSSR count). The van der Waals surface area contributed by atoms with Crippen LogP contribution in [0, 0.1) is 0 Å². The number of hydrogen-bond donors (Lipinski definition) is 3. The van der Waals surface area contributed by atoms with Gasteiger partial charge >= 0.3 is 12.1 Å². The summed E-state index contributed by atoms with van der Waals surface area (Å²) in [6.07, 6.45) is -4.12. The van der Waals surface area contributed by atoms with Crippen LogP contribution in [-0.2, 0) is 15.7 Å². The molecule has 1 aromatic heterocycles.